The van der Waals surface area contributed by atoms with Gasteiger partial charge < -0.3 is 14.4 Å². The maximum absolute atomic E-state index is 6.08. The Morgan fingerprint density at radius 1 is 0.500 bits per heavy atom. The first kappa shape index (κ1) is 17.7. The monoisotopic (exact) mass is 367 g/mol. The van der Waals surface area contributed by atoms with Crippen LogP contribution in [0.15, 0.2) is 109 Å². The average molecular weight is 367 g/mol. The second-order valence-corrected chi connectivity index (χ2v) is 6.29. The van der Waals surface area contributed by atoms with Gasteiger partial charge in [0.1, 0.15) is 17.2 Å². The predicted octanol–water partition coefficient (Wildman–Crippen LogP) is 6.96. The molecule has 0 spiro atoms. The van der Waals surface area contributed by atoms with Gasteiger partial charge in [-0.3, -0.25) is 0 Å². The zero-order chi connectivity index (χ0) is 19.2. The molecule has 0 saturated carbocycles. The van der Waals surface area contributed by atoms with E-state index in [4.69, 9.17) is 9.47 Å². The maximum Gasteiger partial charge on any atom is 0.133 e. The molecule has 3 nitrogen and oxygen atoms in total. The van der Waals surface area contributed by atoms with Gasteiger partial charge in [0.2, 0.25) is 0 Å². The van der Waals surface area contributed by atoms with Crippen LogP contribution in [0.1, 0.15) is 0 Å². The van der Waals surface area contributed by atoms with Gasteiger partial charge in [0.25, 0.3) is 0 Å². The quantitative estimate of drug-likeness (QED) is 0.368. The number of hydrogen-bond donors (Lipinski definition) is 0. The molecule has 3 heteroatoms. The van der Waals surface area contributed by atoms with Gasteiger partial charge >= 0.3 is 0 Å². The van der Waals surface area contributed by atoms with E-state index < -0.39 is 0 Å². The first-order valence-electron chi connectivity index (χ1n) is 9.16. The van der Waals surface area contributed by atoms with Gasteiger partial charge in [0.05, 0.1) is 12.8 Å². The van der Waals surface area contributed by atoms with E-state index in [0.29, 0.717) is 0 Å². The minimum Gasteiger partial charge on any atom is -0.497 e. The number of rotatable bonds is 6. The molecule has 0 atom stereocenters. The molecule has 0 N–H and O–H groups in total. The van der Waals surface area contributed by atoms with Crippen molar-refractivity contribution >= 4 is 17.1 Å². The number of hydrogen-bond acceptors (Lipinski definition) is 3. The third-order valence-electron chi connectivity index (χ3n) is 4.37. The summed E-state index contributed by atoms with van der Waals surface area (Å²) in [6.07, 6.45) is 0. The van der Waals surface area contributed by atoms with E-state index in [1.807, 2.05) is 84.9 Å². The molecule has 4 aromatic carbocycles. The van der Waals surface area contributed by atoms with Crippen molar-refractivity contribution in [2.45, 2.75) is 0 Å². The van der Waals surface area contributed by atoms with E-state index in [-0.39, 0.29) is 0 Å². The second kappa shape index (κ2) is 8.31. The highest BCUT2D eigenvalue weighted by molar-refractivity contribution is 5.78. The first-order valence-corrected chi connectivity index (χ1v) is 9.16. The number of ether oxygens (including phenoxy) is 2. The van der Waals surface area contributed by atoms with Crippen molar-refractivity contribution < 1.29 is 9.47 Å². The van der Waals surface area contributed by atoms with Gasteiger partial charge in [0, 0.05) is 29.6 Å². The zero-order valence-corrected chi connectivity index (χ0v) is 15.7. The van der Waals surface area contributed by atoms with Crippen molar-refractivity contribution in [3.63, 3.8) is 0 Å². The highest BCUT2D eigenvalue weighted by atomic mass is 16.5. The fourth-order valence-corrected chi connectivity index (χ4v) is 3.09. The Kier molecular flexibility index (Phi) is 5.25. The Morgan fingerprint density at radius 2 is 1.00 bits per heavy atom. The number of anilines is 3. The number of methoxy groups -OCH3 is 1. The third kappa shape index (κ3) is 3.99. The Labute approximate surface area is 165 Å². The molecule has 0 aliphatic heterocycles. The average Bonchev–Trinajstić information content (AvgIpc) is 2.76. The molecule has 0 fully saturated rings. The van der Waals surface area contributed by atoms with Crippen LogP contribution in [0.3, 0.4) is 0 Å². The number of benzene rings is 4. The van der Waals surface area contributed by atoms with Crippen molar-refractivity contribution in [1.29, 1.82) is 0 Å². The van der Waals surface area contributed by atoms with Gasteiger partial charge in [-0.15, -0.1) is 0 Å². The Bertz CT molecular complexity index is 979. The van der Waals surface area contributed by atoms with Gasteiger partial charge in [-0.25, -0.2) is 0 Å². The fraction of sp³-hybridized carbons (Fsp3) is 0.0400. The molecule has 0 bridgehead atoms. The Hall–Kier alpha value is -3.72. The van der Waals surface area contributed by atoms with E-state index in [0.717, 1.165) is 34.3 Å². The molecule has 138 valence electrons. The minimum absolute atomic E-state index is 0.720. The molecular formula is C25H21NO2. The van der Waals surface area contributed by atoms with Gasteiger partial charge in [0.15, 0.2) is 0 Å². The van der Waals surface area contributed by atoms with Crippen molar-refractivity contribution in [3.05, 3.63) is 109 Å². The van der Waals surface area contributed by atoms with Crippen LogP contribution in [0, 0.1) is 0 Å². The molecule has 4 aromatic rings. The van der Waals surface area contributed by atoms with E-state index in [1.54, 1.807) is 7.11 Å². The van der Waals surface area contributed by atoms with Crippen molar-refractivity contribution in [1.82, 2.24) is 0 Å². The second-order valence-electron chi connectivity index (χ2n) is 6.29. The third-order valence-corrected chi connectivity index (χ3v) is 4.37. The smallest absolute Gasteiger partial charge is 0.133 e. The van der Waals surface area contributed by atoms with E-state index in [9.17, 15) is 0 Å². The van der Waals surface area contributed by atoms with E-state index in [1.165, 1.54) is 0 Å². The predicted molar refractivity (Wildman–Crippen MR) is 114 cm³/mol. The summed E-state index contributed by atoms with van der Waals surface area (Å²) in [6.45, 7) is 0. The van der Waals surface area contributed by atoms with Gasteiger partial charge in [-0.1, -0.05) is 54.6 Å². The zero-order valence-electron chi connectivity index (χ0n) is 15.7. The lowest BCUT2D eigenvalue weighted by molar-refractivity contribution is 0.409. The molecule has 0 saturated heterocycles. The summed E-state index contributed by atoms with van der Waals surface area (Å²) in [4.78, 5) is 2.18. The van der Waals surface area contributed by atoms with Crippen molar-refractivity contribution in [2.24, 2.45) is 0 Å². The van der Waals surface area contributed by atoms with Gasteiger partial charge in [-0.2, -0.15) is 0 Å². The molecule has 4 rings (SSSR count). The Morgan fingerprint density at radius 3 is 1.54 bits per heavy atom. The summed E-state index contributed by atoms with van der Waals surface area (Å²) in [6, 6.07) is 36.2. The molecule has 0 amide bonds. The summed E-state index contributed by atoms with van der Waals surface area (Å²) in [5.41, 5.74) is 3.09. The van der Waals surface area contributed by atoms with Crippen LogP contribution in [0.4, 0.5) is 17.1 Å². The summed E-state index contributed by atoms with van der Waals surface area (Å²) >= 11 is 0. The van der Waals surface area contributed by atoms with Crippen LogP contribution in [0.25, 0.3) is 0 Å². The molecular weight excluding hydrogens is 346 g/mol. The van der Waals surface area contributed by atoms with Crippen LogP contribution in [0.2, 0.25) is 0 Å². The van der Waals surface area contributed by atoms with Crippen LogP contribution in [0.5, 0.6) is 17.2 Å². The molecule has 0 aliphatic carbocycles. The molecule has 0 aliphatic rings. The SMILES string of the molecule is COc1cc(Oc2ccccc2)cc(N(c2ccccc2)c2ccccc2)c1. The lowest BCUT2D eigenvalue weighted by atomic mass is 10.2. The standard InChI is InChI=1S/C25H21NO2/c1-27-24-17-22(18-25(19-24)28-23-15-9-4-10-16-23)26(20-11-5-2-6-12-20)21-13-7-3-8-14-21/h2-19H,1H3. The summed E-state index contributed by atoms with van der Waals surface area (Å²) in [5, 5.41) is 0. The number of para-hydroxylation sites is 3. The first-order chi connectivity index (χ1) is 13.8. The van der Waals surface area contributed by atoms with Crippen molar-refractivity contribution in [3.8, 4) is 17.2 Å². The van der Waals surface area contributed by atoms with E-state index >= 15 is 0 Å². The summed E-state index contributed by atoms with van der Waals surface area (Å²) in [7, 11) is 1.67. The van der Waals surface area contributed by atoms with Crippen LogP contribution in [-0.2, 0) is 0 Å². The number of nitrogens with zero attached hydrogens (tertiary/aromatic N) is 1. The van der Waals surface area contributed by atoms with Crippen LogP contribution < -0.4 is 14.4 Å². The normalized spacial score (nSPS) is 10.3. The molecule has 28 heavy (non-hydrogen) atoms. The largest absolute Gasteiger partial charge is 0.497 e. The molecule has 0 aromatic heterocycles. The van der Waals surface area contributed by atoms with Gasteiger partial charge in [-0.05, 0) is 36.4 Å². The molecule has 0 radical (unpaired) electrons. The molecule has 0 unspecified atom stereocenters. The summed E-state index contributed by atoms with van der Waals surface area (Å²) < 4.78 is 11.6. The van der Waals surface area contributed by atoms with Crippen LogP contribution >= 0.6 is 0 Å². The maximum atomic E-state index is 6.08. The highest BCUT2D eigenvalue weighted by Gasteiger charge is 2.14. The summed E-state index contributed by atoms with van der Waals surface area (Å²) in [5.74, 6) is 2.24. The Balaban J connectivity index is 1.80. The minimum atomic E-state index is 0.720. The fourth-order valence-electron chi connectivity index (χ4n) is 3.09. The topological polar surface area (TPSA) is 21.7 Å². The van der Waals surface area contributed by atoms with Crippen LogP contribution in [-0.4, -0.2) is 7.11 Å². The molecule has 0 heterocycles. The lowest BCUT2D eigenvalue weighted by Crippen LogP contribution is -2.10. The lowest BCUT2D eigenvalue weighted by Gasteiger charge is -2.26. The highest BCUT2D eigenvalue weighted by Crippen LogP contribution is 2.39. The van der Waals surface area contributed by atoms with Crippen molar-refractivity contribution in [2.75, 3.05) is 12.0 Å². The van der Waals surface area contributed by atoms with E-state index in [2.05, 4.69) is 29.2 Å².